The van der Waals surface area contributed by atoms with Gasteiger partial charge in [0.25, 0.3) is 0 Å². The lowest BCUT2D eigenvalue weighted by molar-refractivity contribution is 0.0693. The molecule has 4 rings (SSSR count). The molecule has 1 aliphatic heterocycles. The molecule has 0 saturated heterocycles. The van der Waals surface area contributed by atoms with Gasteiger partial charge in [-0.3, -0.25) is 4.79 Å². The molecule has 0 amide bonds. The molecule has 1 N–H and O–H groups in total. The topological polar surface area (TPSA) is 109 Å². The van der Waals surface area contributed by atoms with E-state index in [4.69, 9.17) is 18.9 Å². The lowest BCUT2D eigenvalue weighted by Gasteiger charge is -2.31. The molecular formula is C21H20N2O7S. The van der Waals surface area contributed by atoms with Crippen molar-refractivity contribution in [1.82, 2.24) is 9.55 Å². The molecule has 0 bridgehead atoms. The first-order chi connectivity index (χ1) is 15.0. The highest BCUT2D eigenvalue weighted by Crippen LogP contribution is 2.45. The average molecular weight is 444 g/mol. The third-order valence-electron chi connectivity index (χ3n) is 4.80. The summed E-state index contributed by atoms with van der Waals surface area (Å²) in [6.45, 7) is 0.994. The molecule has 0 saturated carbocycles. The molecule has 10 heteroatoms. The molecule has 31 heavy (non-hydrogen) atoms. The molecule has 3 aromatic rings. The summed E-state index contributed by atoms with van der Waals surface area (Å²) in [5.41, 5.74) is 2.39. The van der Waals surface area contributed by atoms with E-state index >= 15 is 0 Å². The summed E-state index contributed by atoms with van der Waals surface area (Å²) >= 11 is 1.39. The zero-order valence-corrected chi connectivity index (χ0v) is 17.7. The molecule has 162 valence electrons. The van der Waals surface area contributed by atoms with Crippen LogP contribution in [0.4, 0.5) is 0 Å². The third kappa shape index (κ3) is 3.99. The van der Waals surface area contributed by atoms with Gasteiger partial charge in [-0.25, -0.2) is 9.78 Å². The molecule has 0 spiro atoms. The lowest BCUT2D eigenvalue weighted by Crippen LogP contribution is -2.28. The highest BCUT2D eigenvalue weighted by atomic mass is 32.1. The number of benzene rings is 1. The highest BCUT2D eigenvalue weighted by molar-refractivity contribution is 7.07. The van der Waals surface area contributed by atoms with Crippen molar-refractivity contribution in [2.45, 2.75) is 12.6 Å². The van der Waals surface area contributed by atoms with E-state index in [0.29, 0.717) is 53.8 Å². The van der Waals surface area contributed by atoms with Gasteiger partial charge >= 0.3 is 5.97 Å². The number of aromatic nitrogens is 2. The van der Waals surface area contributed by atoms with E-state index in [-0.39, 0.29) is 5.56 Å². The predicted octanol–water partition coefficient (Wildman–Crippen LogP) is 3.03. The van der Waals surface area contributed by atoms with Gasteiger partial charge in [-0.05, 0) is 6.07 Å². The SMILES string of the molecule is COCCCOc1cc2c(cc1OC)-c1cc(=O)c(C(=O)O)cn1C(c1cscn1)O2. The number of ether oxygens (including phenoxy) is 4. The van der Waals surface area contributed by atoms with Crippen molar-refractivity contribution in [3.05, 3.63) is 56.8 Å². The number of aromatic carboxylic acids is 1. The van der Waals surface area contributed by atoms with Gasteiger partial charge in [0.15, 0.2) is 16.9 Å². The highest BCUT2D eigenvalue weighted by Gasteiger charge is 2.31. The second-order valence-electron chi connectivity index (χ2n) is 6.73. The molecule has 0 fully saturated rings. The van der Waals surface area contributed by atoms with Crippen molar-refractivity contribution in [1.29, 1.82) is 0 Å². The van der Waals surface area contributed by atoms with Crippen molar-refractivity contribution < 1.29 is 28.8 Å². The summed E-state index contributed by atoms with van der Waals surface area (Å²) in [4.78, 5) is 28.3. The quantitative estimate of drug-likeness (QED) is 0.528. The number of fused-ring (bicyclic) bond motifs is 3. The Kier molecular flexibility index (Phi) is 5.92. The van der Waals surface area contributed by atoms with Crippen LogP contribution in [0.1, 0.15) is 28.7 Å². The van der Waals surface area contributed by atoms with Crippen molar-refractivity contribution >= 4 is 17.3 Å². The van der Waals surface area contributed by atoms with E-state index in [1.807, 2.05) is 5.38 Å². The van der Waals surface area contributed by atoms with Crippen LogP contribution in [-0.4, -0.2) is 48.1 Å². The number of pyridine rings is 1. The van der Waals surface area contributed by atoms with Crippen molar-refractivity contribution in [2.24, 2.45) is 0 Å². The monoisotopic (exact) mass is 444 g/mol. The molecule has 1 atom stereocenters. The number of hydrogen-bond donors (Lipinski definition) is 1. The zero-order chi connectivity index (χ0) is 22.0. The second kappa shape index (κ2) is 8.78. The fourth-order valence-corrected chi connectivity index (χ4v) is 3.90. The zero-order valence-electron chi connectivity index (χ0n) is 16.9. The second-order valence-corrected chi connectivity index (χ2v) is 7.45. The third-order valence-corrected chi connectivity index (χ3v) is 5.40. The van der Waals surface area contributed by atoms with Crippen LogP contribution in [-0.2, 0) is 4.74 Å². The van der Waals surface area contributed by atoms with E-state index in [9.17, 15) is 14.7 Å². The van der Waals surface area contributed by atoms with Crippen LogP contribution in [0.15, 0.2) is 40.1 Å². The Labute approximate surface area is 181 Å². The molecule has 3 heterocycles. The first kappa shape index (κ1) is 20.9. The van der Waals surface area contributed by atoms with E-state index < -0.39 is 17.6 Å². The lowest BCUT2D eigenvalue weighted by atomic mass is 10.0. The van der Waals surface area contributed by atoms with Crippen LogP contribution < -0.4 is 19.6 Å². The van der Waals surface area contributed by atoms with E-state index in [1.54, 1.807) is 29.3 Å². The Hall–Kier alpha value is -3.37. The van der Waals surface area contributed by atoms with Gasteiger partial charge in [0.1, 0.15) is 17.0 Å². The van der Waals surface area contributed by atoms with Crippen LogP contribution in [0.25, 0.3) is 11.3 Å². The number of carboxylic acid groups (broad SMARTS) is 1. The number of carbonyl (C=O) groups is 1. The number of methoxy groups -OCH3 is 2. The maximum atomic E-state index is 12.4. The van der Waals surface area contributed by atoms with Gasteiger partial charge < -0.3 is 28.6 Å². The van der Waals surface area contributed by atoms with Crippen molar-refractivity contribution in [2.75, 3.05) is 27.4 Å². The Bertz CT molecular complexity index is 1160. The molecule has 1 aromatic carbocycles. The summed E-state index contributed by atoms with van der Waals surface area (Å²) in [6, 6.07) is 4.71. The van der Waals surface area contributed by atoms with E-state index in [2.05, 4.69) is 4.98 Å². The van der Waals surface area contributed by atoms with Gasteiger partial charge in [-0.15, -0.1) is 11.3 Å². The number of carboxylic acids is 1. The van der Waals surface area contributed by atoms with Gasteiger partial charge in [-0.2, -0.15) is 0 Å². The minimum Gasteiger partial charge on any atom is -0.493 e. The summed E-state index contributed by atoms with van der Waals surface area (Å²) in [5.74, 6) is 0.129. The van der Waals surface area contributed by atoms with Crippen LogP contribution in [0, 0.1) is 0 Å². The summed E-state index contributed by atoms with van der Waals surface area (Å²) in [5, 5.41) is 11.2. The van der Waals surface area contributed by atoms with Crippen molar-refractivity contribution in [3.63, 3.8) is 0 Å². The van der Waals surface area contributed by atoms with Gasteiger partial charge in [-0.1, -0.05) is 0 Å². The van der Waals surface area contributed by atoms with Crippen LogP contribution in [0.2, 0.25) is 0 Å². The first-order valence-corrected chi connectivity index (χ1v) is 10.4. The minimum absolute atomic E-state index is 0.346. The van der Waals surface area contributed by atoms with Gasteiger partial charge in [0, 0.05) is 49.4 Å². The fraction of sp³-hybridized carbons (Fsp3) is 0.286. The fourth-order valence-electron chi connectivity index (χ4n) is 3.34. The normalized spacial score (nSPS) is 14.3. The number of thiazole rings is 1. The Morgan fingerprint density at radius 2 is 2.10 bits per heavy atom. The summed E-state index contributed by atoms with van der Waals surface area (Å²) < 4.78 is 24.1. The molecule has 9 nitrogen and oxygen atoms in total. The average Bonchev–Trinajstić information content (AvgIpc) is 3.29. The van der Waals surface area contributed by atoms with Gasteiger partial charge in [0.2, 0.25) is 6.23 Å². The maximum Gasteiger partial charge on any atom is 0.341 e. The Morgan fingerprint density at radius 1 is 1.26 bits per heavy atom. The van der Waals surface area contributed by atoms with E-state index in [0.717, 1.165) is 0 Å². The smallest absolute Gasteiger partial charge is 0.341 e. The number of nitrogens with zero attached hydrogens (tertiary/aromatic N) is 2. The number of rotatable bonds is 8. The first-order valence-electron chi connectivity index (χ1n) is 9.42. The van der Waals surface area contributed by atoms with E-state index in [1.165, 1.54) is 30.7 Å². The Morgan fingerprint density at radius 3 is 2.77 bits per heavy atom. The molecular weight excluding hydrogens is 424 g/mol. The summed E-state index contributed by atoms with van der Waals surface area (Å²) in [7, 11) is 3.15. The van der Waals surface area contributed by atoms with Gasteiger partial charge in [0.05, 0.1) is 24.9 Å². The maximum absolute atomic E-state index is 12.4. The molecule has 1 aliphatic rings. The Balaban J connectivity index is 1.84. The van der Waals surface area contributed by atoms with Crippen LogP contribution in [0.5, 0.6) is 17.2 Å². The predicted molar refractivity (Wildman–Crippen MR) is 113 cm³/mol. The van der Waals surface area contributed by atoms with Crippen LogP contribution >= 0.6 is 11.3 Å². The molecule has 1 unspecified atom stereocenters. The standard InChI is InChI=1S/C21H20N2O7S/c1-27-4-3-5-29-19-8-17-12(6-18(19)28-2)15-7-16(24)13(21(25)26)9-23(15)20(30-17)14-10-31-11-22-14/h6-11,20H,3-5H2,1-2H3,(H,25,26). The largest absolute Gasteiger partial charge is 0.493 e. The minimum atomic E-state index is -1.31. The van der Waals surface area contributed by atoms with Crippen LogP contribution in [0.3, 0.4) is 0 Å². The van der Waals surface area contributed by atoms with Crippen molar-refractivity contribution in [3.8, 4) is 28.5 Å². The molecule has 0 radical (unpaired) electrons. The number of hydrogen-bond acceptors (Lipinski definition) is 8. The molecule has 0 aliphatic carbocycles. The summed E-state index contributed by atoms with van der Waals surface area (Å²) in [6.07, 6.45) is 1.26. The molecule has 2 aromatic heterocycles.